The number of rotatable bonds is 4. The molecule has 0 saturated carbocycles. The van der Waals surface area contributed by atoms with Crippen LogP contribution >= 0.6 is 0 Å². The van der Waals surface area contributed by atoms with Crippen molar-refractivity contribution >= 4 is 11.7 Å². The highest BCUT2D eigenvalue weighted by atomic mass is 16.5. The Balaban J connectivity index is 1.56. The summed E-state index contributed by atoms with van der Waals surface area (Å²) in [6.45, 7) is 8.69. The molecule has 1 aromatic heterocycles. The van der Waals surface area contributed by atoms with Crippen LogP contribution in [0.3, 0.4) is 0 Å². The number of amides is 1. The molecule has 1 aliphatic rings. The van der Waals surface area contributed by atoms with Crippen LogP contribution in [0.2, 0.25) is 0 Å². The lowest BCUT2D eigenvalue weighted by molar-refractivity contribution is -0.138. The summed E-state index contributed by atoms with van der Waals surface area (Å²) in [6, 6.07) is 9.83. The lowest BCUT2D eigenvalue weighted by atomic mass is 10.1. The average Bonchev–Trinajstić information content (AvgIpc) is 2.61. The summed E-state index contributed by atoms with van der Waals surface area (Å²) in [7, 11) is 0. The summed E-state index contributed by atoms with van der Waals surface area (Å²) < 4.78 is 5.88. The summed E-state index contributed by atoms with van der Waals surface area (Å²) in [4.78, 5) is 16.7. The molecule has 3 rings (SSSR count). The van der Waals surface area contributed by atoms with Crippen molar-refractivity contribution in [2.24, 2.45) is 0 Å². The highest BCUT2D eigenvalue weighted by Gasteiger charge is 2.26. The molecule has 1 amide bonds. The number of nitrogens with zero attached hydrogens (tertiary/aromatic N) is 4. The van der Waals surface area contributed by atoms with Crippen molar-refractivity contribution in [1.29, 1.82) is 0 Å². The monoisotopic (exact) mass is 340 g/mol. The molecule has 1 aromatic carbocycles. The van der Waals surface area contributed by atoms with Gasteiger partial charge in [-0.1, -0.05) is 6.07 Å². The van der Waals surface area contributed by atoms with Crippen molar-refractivity contribution in [1.82, 2.24) is 15.1 Å². The molecule has 1 aliphatic heterocycles. The van der Waals surface area contributed by atoms with Crippen LogP contribution in [0.4, 0.5) is 5.82 Å². The van der Waals surface area contributed by atoms with Crippen LogP contribution in [0, 0.1) is 13.8 Å². The summed E-state index contributed by atoms with van der Waals surface area (Å²) in [5.74, 6) is 1.63. The van der Waals surface area contributed by atoms with E-state index in [1.807, 2.05) is 49.9 Å². The van der Waals surface area contributed by atoms with E-state index in [9.17, 15) is 4.79 Å². The molecule has 0 radical (unpaired) electrons. The number of hydrogen-bond donors (Lipinski definition) is 0. The van der Waals surface area contributed by atoms with E-state index in [1.165, 1.54) is 0 Å². The first-order chi connectivity index (χ1) is 12.0. The molecule has 0 aliphatic carbocycles. The Hall–Kier alpha value is -2.63. The molecule has 0 bridgehead atoms. The van der Waals surface area contributed by atoms with Crippen LogP contribution in [-0.2, 0) is 4.79 Å². The number of hydrogen-bond acceptors (Lipinski definition) is 5. The fourth-order valence-corrected chi connectivity index (χ4v) is 3.13. The Labute approximate surface area is 148 Å². The number of ether oxygens (including phenoxy) is 1. The molecule has 0 N–H and O–H groups in total. The van der Waals surface area contributed by atoms with Gasteiger partial charge in [0.25, 0.3) is 5.91 Å². The predicted molar refractivity (Wildman–Crippen MR) is 96.8 cm³/mol. The topological polar surface area (TPSA) is 58.6 Å². The molecule has 0 spiro atoms. The molecule has 1 unspecified atom stereocenters. The van der Waals surface area contributed by atoms with Crippen molar-refractivity contribution in [3.05, 3.63) is 47.7 Å². The summed E-state index contributed by atoms with van der Waals surface area (Å²) in [5, 5.41) is 8.04. The molecular formula is C19H24N4O2. The fourth-order valence-electron chi connectivity index (χ4n) is 3.13. The van der Waals surface area contributed by atoms with Crippen LogP contribution in [0.5, 0.6) is 5.75 Å². The summed E-state index contributed by atoms with van der Waals surface area (Å²) in [6.07, 6.45) is 1.17. The molecule has 1 saturated heterocycles. The van der Waals surface area contributed by atoms with Gasteiger partial charge in [-0.25, -0.2) is 0 Å². The Morgan fingerprint density at radius 2 is 1.80 bits per heavy atom. The first-order valence-electron chi connectivity index (χ1n) is 8.59. The van der Waals surface area contributed by atoms with E-state index in [-0.39, 0.29) is 5.91 Å². The number of anilines is 1. The van der Waals surface area contributed by atoms with Crippen molar-refractivity contribution < 1.29 is 9.53 Å². The lowest BCUT2D eigenvalue weighted by Crippen LogP contribution is -2.52. The quantitative estimate of drug-likeness (QED) is 0.854. The van der Waals surface area contributed by atoms with Gasteiger partial charge in [0.2, 0.25) is 0 Å². The highest BCUT2D eigenvalue weighted by Crippen LogP contribution is 2.19. The average molecular weight is 340 g/mol. The Morgan fingerprint density at radius 3 is 2.40 bits per heavy atom. The van der Waals surface area contributed by atoms with Gasteiger partial charge in [0.15, 0.2) is 11.9 Å². The van der Waals surface area contributed by atoms with Crippen LogP contribution < -0.4 is 9.64 Å². The highest BCUT2D eigenvalue weighted by molar-refractivity contribution is 5.81. The minimum Gasteiger partial charge on any atom is -0.481 e. The van der Waals surface area contributed by atoms with Gasteiger partial charge in [0.05, 0.1) is 0 Å². The second kappa shape index (κ2) is 7.51. The van der Waals surface area contributed by atoms with E-state index in [0.29, 0.717) is 13.1 Å². The van der Waals surface area contributed by atoms with Gasteiger partial charge in [-0.05, 0) is 56.2 Å². The second-order valence-electron chi connectivity index (χ2n) is 6.48. The van der Waals surface area contributed by atoms with Gasteiger partial charge >= 0.3 is 0 Å². The third-order valence-electron chi connectivity index (χ3n) is 4.33. The van der Waals surface area contributed by atoms with Gasteiger partial charge in [-0.15, -0.1) is 5.10 Å². The van der Waals surface area contributed by atoms with Gasteiger partial charge in [-0.3, -0.25) is 4.79 Å². The van der Waals surface area contributed by atoms with Crippen LogP contribution in [0.15, 0.2) is 36.5 Å². The zero-order valence-corrected chi connectivity index (χ0v) is 15.0. The second-order valence-corrected chi connectivity index (χ2v) is 6.48. The first-order valence-corrected chi connectivity index (χ1v) is 8.59. The van der Waals surface area contributed by atoms with Crippen LogP contribution in [0.25, 0.3) is 0 Å². The molecule has 132 valence electrons. The SMILES string of the molecule is Cc1cc(C)cc(OC(C)C(=O)N2CCN(c3cccnn3)CC2)c1. The van der Waals surface area contributed by atoms with Crippen LogP contribution in [0.1, 0.15) is 18.1 Å². The number of piperazine rings is 1. The zero-order valence-electron chi connectivity index (χ0n) is 15.0. The number of carbonyl (C=O) groups excluding carboxylic acids is 1. The van der Waals surface area contributed by atoms with Crippen molar-refractivity contribution in [3.63, 3.8) is 0 Å². The van der Waals surface area contributed by atoms with Crippen molar-refractivity contribution in [2.45, 2.75) is 26.9 Å². The summed E-state index contributed by atoms with van der Waals surface area (Å²) in [5.41, 5.74) is 2.26. The number of carbonyl (C=O) groups is 1. The van der Waals surface area contributed by atoms with E-state index in [4.69, 9.17) is 4.74 Å². The van der Waals surface area contributed by atoms with Gasteiger partial charge in [0, 0.05) is 32.4 Å². The van der Waals surface area contributed by atoms with Gasteiger partial charge in [0.1, 0.15) is 5.75 Å². The van der Waals surface area contributed by atoms with Gasteiger partial charge < -0.3 is 14.5 Å². The fraction of sp³-hybridized carbons (Fsp3) is 0.421. The van der Waals surface area contributed by atoms with E-state index >= 15 is 0 Å². The molecule has 1 atom stereocenters. The molecular weight excluding hydrogens is 316 g/mol. The number of benzene rings is 1. The number of aryl methyl sites for hydroxylation is 2. The molecule has 1 fully saturated rings. The van der Waals surface area contributed by atoms with Crippen molar-refractivity contribution in [2.75, 3.05) is 31.1 Å². The zero-order chi connectivity index (χ0) is 17.8. The van der Waals surface area contributed by atoms with Gasteiger partial charge in [-0.2, -0.15) is 5.10 Å². The Kier molecular flexibility index (Phi) is 5.16. The van der Waals surface area contributed by atoms with E-state index in [2.05, 4.69) is 21.2 Å². The standard InChI is InChI=1S/C19H24N4O2/c1-14-11-15(2)13-17(12-14)25-16(3)19(24)23-9-7-22(8-10-23)18-5-4-6-20-21-18/h4-6,11-13,16H,7-10H2,1-3H3. The molecule has 6 heteroatoms. The van der Waals surface area contributed by atoms with E-state index in [1.54, 1.807) is 6.20 Å². The van der Waals surface area contributed by atoms with Crippen molar-refractivity contribution in [3.8, 4) is 5.75 Å². The minimum absolute atomic E-state index is 0.0259. The smallest absolute Gasteiger partial charge is 0.263 e. The third-order valence-corrected chi connectivity index (χ3v) is 4.33. The lowest BCUT2D eigenvalue weighted by Gasteiger charge is -2.36. The molecule has 2 heterocycles. The maximum absolute atomic E-state index is 12.7. The maximum atomic E-state index is 12.7. The minimum atomic E-state index is -0.496. The maximum Gasteiger partial charge on any atom is 0.263 e. The molecule has 2 aromatic rings. The Morgan fingerprint density at radius 1 is 1.12 bits per heavy atom. The molecule has 25 heavy (non-hydrogen) atoms. The third kappa shape index (κ3) is 4.26. The van der Waals surface area contributed by atoms with Crippen LogP contribution in [-0.4, -0.2) is 53.3 Å². The normalized spacial score (nSPS) is 15.8. The Bertz CT molecular complexity index is 707. The first kappa shape index (κ1) is 17.2. The predicted octanol–water partition coefficient (Wildman–Crippen LogP) is 2.21. The van der Waals surface area contributed by atoms with E-state index < -0.39 is 6.10 Å². The number of aromatic nitrogens is 2. The van der Waals surface area contributed by atoms with E-state index in [0.717, 1.165) is 35.8 Å². The molecule has 6 nitrogen and oxygen atoms in total. The summed E-state index contributed by atoms with van der Waals surface area (Å²) >= 11 is 0. The largest absolute Gasteiger partial charge is 0.481 e.